The number of ether oxygens (including phenoxy) is 1. The molecule has 0 fully saturated rings. The lowest BCUT2D eigenvalue weighted by Crippen LogP contribution is -2.30. The molecule has 5 nitrogen and oxygen atoms in total. The average molecular weight is 306 g/mol. The fraction of sp³-hybridized carbons (Fsp3) is 0.333. The number of halogens is 4. The first-order valence-electron chi connectivity index (χ1n) is 5.72. The summed E-state index contributed by atoms with van der Waals surface area (Å²) in [5, 5.41) is 12.4. The molecule has 2 aromatic rings. The number of benzene rings is 1. The molecule has 0 radical (unpaired) electrons. The van der Waals surface area contributed by atoms with E-state index in [4.69, 9.17) is 9.84 Å². The van der Waals surface area contributed by atoms with Crippen molar-refractivity contribution in [1.82, 2.24) is 10.1 Å². The molecule has 2 rings (SSSR count). The number of aromatic nitrogens is 2. The maximum atomic E-state index is 13.2. The van der Waals surface area contributed by atoms with Gasteiger partial charge in [0.15, 0.2) is 17.7 Å². The minimum Gasteiger partial charge on any atom is -0.494 e. The largest absolute Gasteiger partial charge is 0.494 e. The highest BCUT2D eigenvalue weighted by atomic mass is 19.4. The van der Waals surface area contributed by atoms with Crippen LogP contribution in [0.5, 0.6) is 5.75 Å². The van der Waals surface area contributed by atoms with Crippen LogP contribution in [0.3, 0.4) is 0 Å². The Kier molecular flexibility index (Phi) is 4.12. The molecule has 114 valence electrons. The van der Waals surface area contributed by atoms with Crippen molar-refractivity contribution in [3.05, 3.63) is 29.9 Å². The lowest BCUT2D eigenvalue weighted by atomic mass is 10.2. The van der Waals surface area contributed by atoms with Gasteiger partial charge in [0.2, 0.25) is 11.7 Å². The van der Waals surface area contributed by atoms with E-state index in [1.807, 2.05) is 0 Å². The normalized spacial score (nSPS) is 13.2. The van der Waals surface area contributed by atoms with Crippen molar-refractivity contribution in [3.8, 4) is 17.1 Å². The zero-order valence-corrected chi connectivity index (χ0v) is 10.7. The molecule has 0 spiro atoms. The number of rotatable bonds is 4. The fourth-order valence-electron chi connectivity index (χ4n) is 1.54. The number of aliphatic hydroxyl groups excluding tert-OH is 1. The van der Waals surface area contributed by atoms with E-state index in [2.05, 4.69) is 14.7 Å². The Labute approximate surface area is 116 Å². The minimum atomic E-state index is -4.77. The first-order chi connectivity index (χ1) is 9.81. The summed E-state index contributed by atoms with van der Waals surface area (Å²) in [6.45, 7) is 0. The Morgan fingerprint density at radius 2 is 2.10 bits per heavy atom. The number of aliphatic hydroxyl groups is 1. The van der Waals surface area contributed by atoms with Crippen LogP contribution in [-0.4, -0.2) is 34.6 Å². The van der Waals surface area contributed by atoms with Crippen LogP contribution < -0.4 is 4.74 Å². The number of hydrogen-bond donors (Lipinski definition) is 1. The highest BCUT2D eigenvalue weighted by Crippen LogP contribution is 2.26. The summed E-state index contributed by atoms with van der Waals surface area (Å²) in [5.74, 6) is -1.07. The van der Waals surface area contributed by atoms with E-state index in [0.717, 1.165) is 6.07 Å². The molecule has 0 saturated carbocycles. The molecular formula is C12H10F4N2O3. The first kappa shape index (κ1) is 15.2. The summed E-state index contributed by atoms with van der Waals surface area (Å²) < 4.78 is 59.3. The quantitative estimate of drug-likeness (QED) is 0.878. The summed E-state index contributed by atoms with van der Waals surface area (Å²) in [7, 11) is 1.27. The van der Waals surface area contributed by atoms with Gasteiger partial charge in [0.05, 0.1) is 13.5 Å². The summed E-state index contributed by atoms with van der Waals surface area (Å²) in [6, 6.07) is 3.71. The number of methoxy groups -OCH3 is 1. The third-order valence-electron chi connectivity index (χ3n) is 2.62. The Hall–Kier alpha value is -2.16. The number of nitrogens with zero attached hydrogens (tertiary/aromatic N) is 2. The van der Waals surface area contributed by atoms with Gasteiger partial charge >= 0.3 is 6.18 Å². The van der Waals surface area contributed by atoms with Gasteiger partial charge in [0, 0.05) is 5.56 Å². The maximum absolute atomic E-state index is 13.2. The third-order valence-corrected chi connectivity index (χ3v) is 2.62. The smallest absolute Gasteiger partial charge is 0.414 e. The zero-order valence-electron chi connectivity index (χ0n) is 10.7. The van der Waals surface area contributed by atoms with E-state index >= 15 is 0 Å². The maximum Gasteiger partial charge on any atom is 0.414 e. The summed E-state index contributed by atoms with van der Waals surface area (Å²) in [6.07, 6.45) is -8.21. The van der Waals surface area contributed by atoms with E-state index in [1.54, 1.807) is 0 Å². The standard InChI is InChI=1S/C12H10F4N2O3/c1-20-8-4-6(2-3-7(8)13)11-17-10(21-18-11)5-9(19)12(14,15)16/h2-4,9,19H,5H2,1H3. The second-order valence-corrected chi connectivity index (χ2v) is 4.12. The van der Waals surface area contributed by atoms with Gasteiger partial charge in [-0.15, -0.1) is 0 Å². The van der Waals surface area contributed by atoms with Gasteiger partial charge < -0.3 is 14.4 Å². The van der Waals surface area contributed by atoms with Crippen LogP contribution in [0.25, 0.3) is 11.4 Å². The molecular weight excluding hydrogens is 296 g/mol. The molecule has 21 heavy (non-hydrogen) atoms. The van der Waals surface area contributed by atoms with Crippen LogP contribution >= 0.6 is 0 Å². The van der Waals surface area contributed by atoms with Crippen molar-refractivity contribution in [2.75, 3.05) is 7.11 Å². The monoisotopic (exact) mass is 306 g/mol. The molecule has 1 aromatic heterocycles. The van der Waals surface area contributed by atoms with Crippen molar-refractivity contribution >= 4 is 0 Å². The highest BCUT2D eigenvalue weighted by Gasteiger charge is 2.39. The Bertz CT molecular complexity index is 627. The molecule has 1 heterocycles. The van der Waals surface area contributed by atoms with E-state index in [9.17, 15) is 17.6 Å². The second kappa shape index (κ2) is 5.68. The van der Waals surface area contributed by atoms with Crippen LogP contribution in [-0.2, 0) is 6.42 Å². The highest BCUT2D eigenvalue weighted by molar-refractivity contribution is 5.57. The van der Waals surface area contributed by atoms with Gasteiger partial charge in [-0.1, -0.05) is 5.16 Å². The molecule has 0 saturated heterocycles. The summed E-state index contributed by atoms with van der Waals surface area (Å²) in [5.41, 5.74) is 0.310. The molecule has 0 aliphatic carbocycles. The summed E-state index contributed by atoms with van der Waals surface area (Å²) >= 11 is 0. The van der Waals surface area contributed by atoms with Crippen molar-refractivity contribution < 1.29 is 31.9 Å². The zero-order chi connectivity index (χ0) is 15.6. The van der Waals surface area contributed by atoms with Crippen molar-refractivity contribution in [1.29, 1.82) is 0 Å². The molecule has 9 heteroatoms. The van der Waals surface area contributed by atoms with Gasteiger partial charge in [-0.2, -0.15) is 18.2 Å². The van der Waals surface area contributed by atoms with Gasteiger partial charge in [0.1, 0.15) is 0 Å². The third kappa shape index (κ3) is 3.48. The van der Waals surface area contributed by atoms with Crippen LogP contribution in [0.2, 0.25) is 0 Å². The van der Waals surface area contributed by atoms with E-state index in [0.29, 0.717) is 5.56 Å². The van der Waals surface area contributed by atoms with Crippen LogP contribution in [0.4, 0.5) is 17.6 Å². The number of alkyl halides is 3. The van der Waals surface area contributed by atoms with Crippen LogP contribution in [0.1, 0.15) is 5.89 Å². The van der Waals surface area contributed by atoms with Gasteiger partial charge in [0.25, 0.3) is 0 Å². The Morgan fingerprint density at radius 3 is 2.71 bits per heavy atom. The van der Waals surface area contributed by atoms with Gasteiger partial charge in [-0.25, -0.2) is 4.39 Å². The van der Waals surface area contributed by atoms with E-state index in [-0.39, 0.29) is 17.5 Å². The lowest BCUT2D eigenvalue weighted by Gasteiger charge is -2.11. The average Bonchev–Trinajstić information content (AvgIpc) is 2.86. The molecule has 1 aromatic carbocycles. The van der Waals surface area contributed by atoms with Crippen LogP contribution in [0.15, 0.2) is 22.7 Å². The lowest BCUT2D eigenvalue weighted by molar-refractivity contribution is -0.204. The van der Waals surface area contributed by atoms with E-state index in [1.165, 1.54) is 19.2 Å². The van der Waals surface area contributed by atoms with Crippen molar-refractivity contribution in [2.45, 2.75) is 18.7 Å². The van der Waals surface area contributed by atoms with Gasteiger partial charge in [-0.05, 0) is 18.2 Å². The molecule has 0 bridgehead atoms. The van der Waals surface area contributed by atoms with Crippen LogP contribution in [0, 0.1) is 5.82 Å². The summed E-state index contributed by atoms with van der Waals surface area (Å²) in [4.78, 5) is 3.72. The molecule has 1 atom stereocenters. The first-order valence-corrected chi connectivity index (χ1v) is 5.72. The minimum absolute atomic E-state index is 0.0299. The SMILES string of the molecule is COc1cc(-c2noc(CC(O)C(F)(F)F)n2)ccc1F. The predicted molar refractivity (Wildman–Crippen MR) is 62.0 cm³/mol. The molecule has 0 aliphatic rings. The van der Waals surface area contributed by atoms with Crippen molar-refractivity contribution in [3.63, 3.8) is 0 Å². The van der Waals surface area contributed by atoms with Crippen molar-refractivity contribution in [2.24, 2.45) is 0 Å². The fourth-order valence-corrected chi connectivity index (χ4v) is 1.54. The van der Waals surface area contributed by atoms with E-state index < -0.39 is 24.5 Å². The second-order valence-electron chi connectivity index (χ2n) is 4.12. The Balaban J connectivity index is 2.20. The molecule has 1 unspecified atom stereocenters. The van der Waals surface area contributed by atoms with Gasteiger partial charge in [-0.3, -0.25) is 0 Å². The number of hydrogen-bond acceptors (Lipinski definition) is 5. The predicted octanol–water partition coefficient (Wildman–Crippen LogP) is 2.35. The molecule has 0 aliphatic heterocycles. The topological polar surface area (TPSA) is 68.4 Å². The molecule has 1 N–H and O–H groups in total. The molecule has 0 amide bonds. The Morgan fingerprint density at radius 1 is 1.38 bits per heavy atom.